The third-order valence-corrected chi connectivity index (χ3v) is 8.79. The number of rotatable bonds is 6. The molecule has 2 aliphatic heterocycles. The molecule has 0 bridgehead atoms. The molecule has 4 fully saturated rings. The number of hydrogen-bond donors (Lipinski definition) is 3. The lowest BCUT2D eigenvalue weighted by Gasteiger charge is -2.56. The van der Waals surface area contributed by atoms with Gasteiger partial charge in [0.15, 0.2) is 5.65 Å². The van der Waals surface area contributed by atoms with Crippen LogP contribution in [0.2, 0.25) is 0 Å². The fourth-order valence-corrected chi connectivity index (χ4v) is 6.56. The second-order valence-electron chi connectivity index (χ2n) is 11.6. The van der Waals surface area contributed by atoms with Crippen LogP contribution < -0.4 is 21.3 Å². The first-order valence-electron chi connectivity index (χ1n) is 13.7. The van der Waals surface area contributed by atoms with Crippen LogP contribution in [0.1, 0.15) is 62.8 Å². The minimum absolute atomic E-state index is 0.339. The Balaban J connectivity index is 1.15. The van der Waals surface area contributed by atoms with Gasteiger partial charge >= 0.3 is 0 Å². The Labute approximate surface area is 212 Å². The van der Waals surface area contributed by atoms with E-state index in [2.05, 4.69) is 45.9 Å². The van der Waals surface area contributed by atoms with Crippen LogP contribution in [0.3, 0.4) is 0 Å². The Kier molecular flexibility index (Phi) is 5.54. The van der Waals surface area contributed by atoms with E-state index < -0.39 is 0 Å². The number of ether oxygens (including phenoxy) is 1. The number of aromatic nitrogens is 3. The monoisotopic (exact) mass is 487 g/mol. The molecule has 1 spiro atoms. The van der Waals surface area contributed by atoms with Crippen molar-refractivity contribution in [2.75, 3.05) is 41.8 Å². The van der Waals surface area contributed by atoms with Gasteiger partial charge in [-0.1, -0.05) is 12.8 Å². The molecule has 2 saturated carbocycles. The van der Waals surface area contributed by atoms with Gasteiger partial charge in [-0.05, 0) is 68.7 Å². The van der Waals surface area contributed by atoms with Crippen LogP contribution in [0.15, 0.2) is 36.5 Å². The van der Waals surface area contributed by atoms with Crippen LogP contribution in [0.25, 0.3) is 5.65 Å². The van der Waals surface area contributed by atoms with Crippen molar-refractivity contribution in [3.8, 4) is 0 Å². The second kappa shape index (κ2) is 8.92. The summed E-state index contributed by atoms with van der Waals surface area (Å²) in [5.41, 5.74) is 11.2. The predicted octanol–water partition coefficient (Wildman–Crippen LogP) is 4.65. The predicted molar refractivity (Wildman–Crippen MR) is 143 cm³/mol. The maximum absolute atomic E-state index is 6.14. The summed E-state index contributed by atoms with van der Waals surface area (Å²) in [6, 6.07) is 11.6. The smallest absolute Gasteiger partial charge is 0.163 e. The zero-order valence-corrected chi connectivity index (χ0v) is 21.0. The van der Waals surface area contributed by atoms with E-state index in [9.17, 15) is 0 Å². The molecule has 0 radical (unpaired) electrons. The number of hydrogen-bond acceptors (Lipinski definition) is 7. The van der Waals surface area contributed by atoms with Crippen molar-refractivity contribution in [2.45, 2.75) is 69.4 Å². The molecule has 0 atom stereocenters. The Morgan fingerprint density at radius 1 is 0.972 bits per heavy atom. The van der Waals surface area contributed by atoms with Crippen molar-refractivity contribution in [3.63, 3.8) is 0 Å². The molecule has 8 heteroatoms. The van der Waals surface area contributed by atoms with Gasteiger partial charge in [-0.2, -0.15) is 9.61 Å². The summed E-state index contributed by atoms with van der Waals surface area (Å²) < 4.78 is 7.41. The summed E-state index contributed by atoms with van der Waals surface area (Å²) in [7, 11) is 0. The van der Waals surface area contributed by atoms with Crippen LogP contribution in [0.5, 0.6) is 0 Å². The molecule has 8 nitrogen and oxygen atoms in total. The molecule has 2 aliphatic carbocycles. The maximum Gasteiger partial charge on any atom is 0.163 e. The fraction of sp³-hybridized carbons (Fsp3) is 0.571. The Bertz CT molecular complexity index is 1210. The van der Waals surface area contributed by atoms with Crippen molar-refractivity contribution >= 4 is 28.7 Å². The summed E-state index contributed by atoms with van der Waals surface area (Å²) in [4.78, 5) is 7.52. The Morgan fingerprint density at radius 3 is 2.42 bits per heavy atom. The number of nitrogens with zero attached hydrogens (tertiary/aromatic N) is 4. The highest BCUT2D eigenvalue weighted by Crippen LogP contribution is 2.41. The van der Waals surface area contributed by atoms with Crippen molar-refractivity contribution in [3.05, 3.63) is 42.1 Å². The maximum atomic E-state index is 6.14. The van der Waals surface area contributed by atoms with E-state index in [1.54, 1.807) is 0 Å². The SMILES string of the molecule is NC1CCC(Nc2cc(Nc3ccc(N4CC5(COC5)C4)cc3)n3ncc(C4CCCC4)c3n2)CC1. The summed E-state index contributed by atoms with van der Waals surface area (Å²) in [6.07, 6.45) is 11.4. The van der Waals surface area contributed by atoms with E-state index in [4.69, 9.17) is 20.6 Å². The molecule has 1 aromatic carbocycles. The standard InChI is InChI=1S/C28H37N7O/c29-20-5-7-21(8-6-20)31-25-13-26(35-27(33-25)24(14-30-35)19-3-1-2-4-19)32-22-9-11-23(12-10-22)34-15-28(16-34)17-36-18-28/h9-14,19-21,32H,1-8,15-18,29H2,(H,31,33). The van der Waals surface area contributed by atoms with Crippen molar-refractivity contribution in [2.24, 2.45) is 11.1 Å². The molecule has 0 amide bonds. The van der Waals surface area contributed by atoms with Crippen LogP contribution in [-0.2, 0) is 4.74 Å². The van der Waals surface area contributed by atoms with Crippen LogP contribution >= 0.6 is 0 Å². The zero-order valence-electron chi connectivity index (χ0n) is 21.0. The minimum atomic E-state index is 0.339. The Hall–Kier alpha value is -2.84. The molecule has 190 valence electrons. The third kappa shape index (κ3) is 4.10. The molecule has 4 heterocycles. The number of benzene rings is 1. The van der Waals surface area contributed by atoms with Gasteiger partial charge in [-0.3, -0.25) is 0 Å². The molecule has 2 aromatic heterocycles. The van der Waals surface area contributed by atoms with Gasteiger partial charge in [0.2, 0.25) is 0 Å². The first-order valence-corrected chi connectivity index (χ1v) is 13.7. The molecule has 4 aliphatic rings. The quantitative estimate of drug-likeness (QED) is 0.466. The number of anilines is 4. The van der Waals surface area contributed by atoms with E-state index in [0.29, 0.717) is 23.4 Å². The van der Waals surface area contributed by atoms with Crippen molar-refractivity contribution in [1.29, 1.82) is 0 Å². The normalized spacial score (nSPS) is 25.6. The molecular formula is C28H37N7O. The van der Waals surface area contributed by atoms with Gasteiger partial charge in [-0.25, -0.2) is 4.98 Å². The number of nitrogens with two attached hydrogens (primary N) is 1. The van der Waals surface area contributed by atoms with E-state index in [0.717, 1.165) is 75.0 Å². The lowest BCUT2D eigenvalue weighted by atomic mass is 9.78. The van der Waals surface area contributed by atoms with E-state index >= 15 is 0 Å². The highest BCUT2D eigenvalue weighted by molar-refractivity contribution is 5.67. The first-order chi connectivity index (χ1) is 17.6. The lowest BCUT2D eigenvalue weighted by Crippen LogP contribution is -2.66. The van der Waals surface area contributed by atoms with Gasteiger partial charge in [-0.15, -0.1) is 0 Å². The molecule has 7 rings (SSSR count). The van der Waals surface area contributed by atoms with Gasteiger partial charge < -0.3 is 26.0 Å². The molecular weight excluding hydrogens is 450 g/mol. The average molecular weight is 488 g/mol. The lowest BCUT2D eigenvalue weighted by molar-refractivity contribution is -0.127. The van der Waals surface area contributed by atoms with Crippen molar-refractivity contribution in [1.82, 2.24) is 14.6 Å². The highest BCUT2D eigenvalue weighted by atomic mass is 16.5. The molecule has 36 heavy (non-hydrogen) atoms. The largest absolute Gasteiger partial charge is 0.380 e. The van der Waals surface area contributed by atoms with Gasteiger partial charge in [0.05, 0.1) is 24.8 Å². The topological polar surface area (TPSA) is 92.7 Å². The average Bonchev–Trinajstić information content (AvgIpc) is 3.50. The number of fused-ring (bicyclic) bond motifs is 1. The van der Waals surface area contributed by atoms with E-state index in [1.165, 1.54) is 36.9 Å². The van der Waals surface area contributed by atoms with Crippen LogP contribution in [0, 0.1) is 5.41 Å². The summed E-state index contributed by atoms with van der Waals surface area (Å²) in [5.74, 6) is 2.43. The molecule has 3 aromatic rings. The molecule has 0 unspecified atom stereocenters. The second-order valence-corrected chi connectivity index (χ2v) is 11.6. The summed E-state index contributed by atoms with van der Waals surface area (Å²) in [6.45, 7) is 4.03. The van der Waals surface area contributed by atoms with E-state index in [-0.39, 0.29) is 0 Å². The van der Waals surface area contributed by atoms with Gasteiger partial charge in [0.1, 0.15) is 11.6 Å². The van der Waals surface area contributed by atoms with Crippen LogP contribution in [0.4, 0.5) is 23.0 Å². The van der Waals surface area contributed by atoms with Crippen molar-refractivity contribution < 1.29 is 4.74 Å². The summed E-state index contributed by atoms with van der Waals surface area (Å²) >= 11 is 0. The molecule has 4 N–H and O–H groups in total. The van der Waals surface area contributed by atoms with Crippen LogP contribution in [-0.4, -0.2) is 53.0 Å². The van der Waals surface area contributed by atoms with Gasteiger partial charge in [0, 0.05) is 48.2 Å². The zero-order chi connectivity index (χ0) is 24.1. The van der Waals surface area contributed by atoms with E-state index in [1.807, 2.05) is 10.7 Å². The number of nitrogens with one attached hydrogen (secondary N) is 2. The highest BCUT2D eigenvalue weighted by Gasteiger charge is 2.49. The fourth-order valence-electron chi connectivity index (χ4n) is 6.56. The third-order valence-electron chi connectivity index (χ3n) is 8.79. The Morgan fingerprint density at radius 2 is 1.72 bits per heavy atom. The minimum Gasteiger partial charge on any atom is -0.380 e. The first kappa shape index (κ1) is 22.4. The summed E-state index contributed by atoms with van der Waals surface area (Å²) in [5, 5.41) is 12.1. The van der Waals surface area contributed by atoms with Gasteiger partial charge in [0.25, 0.3) is 0 Å². The molecule has 2 saturated heterocycles.